The van der Waals surface area contributed by atoms with Crippen molar-refractivity contribution in [2.24, 2.45) is 11.8 Å². The Morgan fingerprint density at radius 1 is 1.22 bits per heavy atom. The molecular weight excluding hydrogens is 248 g/mol. The number of nitrogen functional groups attached to an aromatic ring is 1. The van der Waals surface area contributed by atoms with Crippen LogP contribution in [0.4, 0.5) is 5.69 Å². The molecule has 0 spiro atoms. The predicted octanol–water partition coefficient (Wildman–Crippen LogP) is 2.64. The SMILES string of the molecule is CC(C)C(C)C(=O)NCCc1ccc(N)cc1.Cl. The zero-order chi connectivity index (χ0) is 12.8. The van der Waals surface area contributed by atoms with Crippen molar-refractivity contribution in [3.05, 3.63) is 29.8 Å². The van der Waals surface area contributed by atoms with Gasteiger partial charge in [0.25, 0.3) is 0 Å². The second-order valence-electron chi connectivity index (χ2n) is 4.82. The highest BCUT2D eigenvalue weighted by Gasteiger charge is 2.15. The lowest BCUT2D eigenvalue weighted by Gasteiger charge is -2.15. The zero-order valence-electron chi connectivity index (χ0n) is 11.3. The van der Waals surface area contributed by atoms with Gasteiger partial charge < -0.3 is 11.1 Å². The molecule has 1 rings (SSSR count). The normalized spacial score (nSPS) is 11.8. The van der Waals surface area contributed by atoms with Gasteiger partial charge in [0.05, 0.1) is 0 Å². The van der Waals surface area contributed by atoms with Crippen molar-refractivity contribution < 1.29 is 4.79 Å². The summed E-state index contributed by atoms with van der Waals surface area (Å²) < 4.78 is 0. The fourth-order valence-electron chi connectivity index (χ4n) is 1.48. The van der Waals surface area contributed by atoms with Crippen LogP contribution in [0.5, 0.6) is 0 Å². The number of hydrogen-bond acceptors (Lipinski definition) is 2. The molecule has 102 valence electrons. The highest BCUT2D eigenvalue weighted by Crippen LogP contribution is 2.09. The van der Waals surface area contributed by atoms with Crippen LogP contribution in [-0.2, 0) is 11.2 Å². The average molecular weight is 271 g/mol. The summed E-state index contributed by atoms with van der Waals surface area (Å²) in [5, 5.41) is 2.96. The van der Waals surface area contributed by atoms with E-state index in [0.717, 1.165) is 12.1 Å². The topological polar surface area (TPSA) is 55.1 Å². The minimum atomic E-state index is 0. The number of rotatable bonds is 5. The van der Waals surface area contributed by atoms with E-state index in [1.165, 1.54) is 5.56 Å². The summed E-state index contributed by atoms with van der Waals surface area (Å²) in [4.78, 5) is 11.7. The van der Waals surface area contributed by atoms with Crippen LogP contribution in [-0.4, -0.2) is 12.5 Å². The molecule has 0 heterocycles. The van der Waals surface area contributed by atoms with E-state index in [-0.39, 0.29) is 24.2 Å². The molecule has 3 nitrogen and oxygen atoms in total. The highest BCUT2D eigenvalue weighted by molar-refractivity contribution is 5.85. The summed E-state index contributed by atoms with van der Waals surface area (Å²) in [5.74, 6) is 0.586. The minimum absolute atomic E-state index is 0. The van der Waals surface area contributed by atoms with E-state index in [9.17, 15) is 4.79 Å². The van der Waals surface area contributed by atoms with E-state index in [1.54, 1.807) is 0 Å². The molecule has 0 radical (unpaired) electrons. The van der Waals surface area contributed by atoms with Crippen LogP contribution in [0.2, 0.25) is 0 Å². The van der Waals surface area contributed by atoms with E-state index in [4.69, 9.17) is 5.73 Å². The molecule has 1 unspecified atom stereocenters. The number of nitrogens with one attached hydrogen (secondary N) is 1. The summed E-state index contributed by atoms with van der Waals surface area (Å²) in [7, 11) is 0. The Morgan fingerprint density at radius 2 is 1.78 bits per heavy atom. The van der Waals surface area contributed by atoms with Crippen LogP contribution in [0.3, 0.4) is 0 Å². The van der Waals surface area contributed by atoms with Gasteiger partial charge in [-0.25, -0.2) is 0 Å². The molecule has 4 heteroatoms. The molecule has 0 aliphatic carbocycles. The van der Waals surface area contributed by atoms with Gasteiger partial charge >= 0.3 is 0 Å². The monoisotopic (exact) mass is 270 g/mol. The predicted molar refractivity (Wildman–Crippen MR) is 78.8 cm³/mol. The first-order valence-electron chi connectivity index (χ1n) is 6.13. The molecule has 1 atom stereocenters. The summed E-state index contributed by atoms with van der Waals surface area (Å²) in [6.45, 7) is 6.76. The Kier molecular flexibility index (Phi) is 7.44. The third-order valence-electron chi connectivity index (χ3n) is 3.11. The number of anilines is 1. The van der Waals surface area contributed by atoms with Crippen molar-refractivity contribution in [3.63, 3.8) is 0 Å². The maximum atomic E-state index is 11.7. The van der Waals surface area contributed by atoms with Crippen molar-refractivity contribution in [2.75, 3.05) is 12.3 Å². The first kappa shape index (κ1) is 16.8. The third-order valence-corrected chi connectivity index (χ3v) is 3.11. The van der Waals surface area contributed by atoms with Crippen LogP contribution >= 0.6 is 12.4 Å². The second kappa shape index (κ2) is 7.98. The Balaban J connectivity index is 0.00000289. The van der Waals surface area contributed by atoms with E-state index in [1.807, 2.05) is 31.2 Å². The number of benzene rings is 1. The molecule has 0 saturated carbocycles. The Hall–Kier alpha value is -1.22. The highest BCUT2D eigenvalue weighted by atomic mass is 35.5. The lowest BCUT2D eigenvalue weighted by Crippen LogP contribution is -2.33. The van der Waals surface area contributed by atoms with Gasteiger partial charge in [-0.05, 0) is 30.0 Å². The van der Waals surface area contributed by atoms with Crippen LogP contribution in [0.1, 0.15) is 26.3 Å². The van der Waals surface area contributed by atoms with Crippen molar-refractivity contribution in [1.29, 1.82) is 0 Å². The summed E-state index contributed by atoms with van der Waals surface area (Å²) >= 11 is 0. The third kappa shape index (κ3) is 5.41. The molecule has 0 bridgehead atoms. The fourth-order valence-corrected chi connectivity index (χ4v) is 1.48. The molecule has 0 aliphatic rings. The molecule has 1 amide bonds. The lowest BCUT2D eigenvalue weighted by atomic mass is 9.97. The lowest BCUT2D eigenvalue weighted by molar-refractivity contribution is -0.125. The van der Waals surface area contributed by atoms with Crippen molar-refractivity contribution in [1.82, 2.24) is 5.32 Å². The van der Waals surface area contributed by atoms with Gasteiger partial charge in [-0.2, -0.15) is 0 Å². The van der Waals surface area contributed by atoms with Crippen LogP contribution in [0.15, 0.2) is 24.3 Å². The Morgan fingerprint density at radius 3 is 2.28 bits per heavy atom. The Labute approximate surface area is 116 Å². The van der Waals surface area contributed by atoms with Gasteiger partial charge in [0.1, 0.15) is 0 Å². The van der Waals surface area contributed by atoms with Gasteiger partial charge in [-0.3, -0.25) is 4.79 Å². The van der Waals surface area contributed by atoms with Crippen molar-refractivity contribution >= 4 is 24.0 Å². The minimum Gasteiger partial charge on any atom is -0.399 e. The number of halogens is 1. The van der Waals surface area contributed by atoms with Gasteiger partial charge in [0.2, 0.25) is 5.91 Å². The van der Waals surface area contributed by atoms with Gasteiger partial charge in [0.15, 0.2) is 0 Å². The second-order valence-corrected chi connectivity index (χ2v) is 4.82. The molecule has 0 aromatic heterocycles. The zero-order valence-corrected chi connectivity index (χ0v) is 12.1. The average Bonchev–Trinajstić information content (AvgIpc) is 2.30. The van der Waals surface area contributed by atoms with E-state index >= 15 is 0 Å². The van der Waals surface area contributed by atoms with Crippen molar-refractivity contribution in [2.45, 2.75) is 27.2 Å². The summed E-state index contributed by atoms with van der Waals surface area (Å²) in [6, 6.07) is 7.75. The summed E-state index contributed by atoms with van der Waals surface area (Å²) in [5.41, 5.74) is 7.57. The number of nitrogens with two attached hydrogens (primary N) is 1. The maximum absolute atomic E-state index is 11.7. The molecule has 18 heavy (non-hydrogen) atoms. The van der Waals surface area contributed by atoms with Crippen LogP contribution < -0.4 is 11.1 Å². The quantitative estimate of drug-likeness (QED) is 0.808. The number of carbonyl (C=O) groups excluding carboxylic acids is 1. The Bertz CT molecular complexity index is 363. The molecule has 0 aliphatic heterocycles. The first-order valence-corrected chi connectivity index (χ1v) is 6.13. The number of hydrogen-bond donors (Lipinski definition) is 2. The molecule has 0 saturated heterocycles. The molecule has 0 fully saturated rings. The standard InChI is InChI=1S/C14H22N2O.ClH/c1-10(2)11(3)14(17)16-9-8-12-4-6-13(15)7-5-12;/h4-7,10-11H,8-9,15H2,1-3H3,(H,16,17);1H. The first-order chi connectivity index (χ1) is 8.00. The molecule has 1 aromatic carbocycles. The van der Waals surface area contributed by atoms with Crippen LogP contribution in [0, 0.1) is 11.8 Å². The summed E-state index contributed by atoms with van der Waals surface area (Å²) in [6.07, 6.45) is 0.844. The number of amides is 1. The van der Waals surface area contributed by atoms with E-state index < -0.39 is 0 Å². The van der Waals surface area contributed by atoms with E-state index in [0.29, 0.717) is 12.5 Å². The maximum Gasteiger partial charge on any atom is 0.223 e. The van der Waals surface area contributed by atoms with Gasteiger partial charge in [0, 0.05) is 18.2 Å². The van der Waals surface area contributed by atoms with Gasteiger partial charge in [-0.1, -0.05) is 32.9 Å². The molecule has 1 aromatic rings. The van der Waals surface area contributed by atoms with Crippen molar-refractivity contribution in [3.8, 4) is 0 Å². The van der Waals surface area contributed by atoms with Gasteiger partial charge in [-0.15, -0.1) is 12.4 Å². The largest absolute Gasteiger partial charge is 0.399 e. The molecular formula is C14H23ClN2O. The van der Waals surface area contributed by atoms with E-state index in [2.05, 4.69) is 19.2 Å². The fraction of sp³-hybridized carbons (Fsp3) is 0.500. The smallest absolute Gasteiger partial charge is 0.223 e. The number of carbonyl (C=O) groups is 1. The molecule has 3 N–H and O–H groups in total. The van der Waals surface area contributed by atoms with Crippen LogP contribution in [0.25, 0.3) is 0 Å².